The van der Waals surface area contributed by atoms with E-state index >= 15 is 0 Å². The molecule has 1 saturated carbocycles. The average Bonchev–Trinajstić information content (AvgIpc) is 2.58. The molecule has 1 aromatic heterocycles. The normalized spacial score (nSPS) is 25.4. The summed E-state index contributed by atoms with van der Waals surface area (Å²) in [5, 5.41) is 0.329. The first-order valence-corrected chi connectivity index (χ1v) is 7.04. The van der Waals surface area contributed by atoms with Crippen LogP contribution in [0.25, 0.3) is 0 Å². The molecular weight excluding hydrogens is 250 g/mol. The summed E-state index contributed by atoms with van der Waals surface area (Å²) in [5.41, 5.74) is 0. The Kier molecular flexibility index (Phi) is 3.23. The Bertz CT molecular complexity index is 465. The molecule has 7 heteroatoms. The van der Waals surface area contributed by atoms with Crippen molar-refractivity contribution >= 4 is 21.6 Å². The van der Waals surface area contributed by atoms with Gasteiger partial charge in [-0.1, -0.05) is 0 Å². The lowest BCUT2D eigenvalue weighted by Crippen LogP contribution is -2.36. The molecule has 1 aliphatic carbocycles. The zero-order valence-electron chi connectivity index (χ0n) is 8.90. The lowest BCUT2D eigenvalue weighted by Gasteiger charge is -2.30. The van der Waals surface area contributed by atoms with E-state index in [1.165, 1.54) is 6.20 Å². The molecule has 16 heavy (non-hydrogen) atoms. The van der Waals surface area contributed by atoms with Crippen LogP contribution >= 0.6 is 11.6 Å². The Morgan fingerprint density at radius 2 is 2.31 bits per heavy atom. The number of hydrogen-bond donors (Lipinski definition) is 2. The minimum Gasteiger partial charge on any atom is -0.332 e. The fourth-order valence-corrected chi connectivity index (χ4v) is 3.25. The molecule has 0 unspecified atom stereocenters. The van der Waals surface area contributed by atoms with Crippen molar-refractivity contribution in [3.8, 4) is 0 Å². The molecule has 0 bridgehead atoms. The van der Waals surface area contributed by atoms with Gasteiger partial charge in [0.15, 0.2) is 5.03 Å². The van der Waals surface area contributed by atoms with Crippen molar-refractivity contribution in [3.63, 3.8) is 0 Å². The maximum atomic E-state index is 11.8. The van der Waals surface area contributed by atoms with E-state index in [1.54, 1.807) is 6.92 Å². The summed E-state index contributed by atoms with van der Waals surface area (Å²) in [6.07, 6.45) is 3.08. The maximum Gasteiger partial charge on any atom is 0.257 e. The molecule has 1 aliphatic rings. The zero-order valence-corrected chi connectivity index (χ0v) is 10.5. The Hall–Kier alpha value is -0.590. The number of halogens is 1. The third-order valence-electron chi connectivity index (χ3n) is 2.71. The van der Waals surface area contributed by atoms with Crippen LogP contribution in [-0.2, 0) is 10.0 Å². The van der Waals surface area contributed by atoms with Gasteiger partial charge in [-0.25, -0.2) is 18.1 Å². The number of alkyl halides is 1. The van der Waals surface area contributed by atoms with Crippen molar-refractivity contribution in [3.05, 3.63) is 12.0 Å². The number of nitrogens with zero attached hydrogens (tertiary/aromatic N) is 1. The summed E-state index contributed by atoms with van der Waals surface area (Å²) in [6, 6.07) is 0. The number of sulfonamides is 1. The highest BCUT2D eigenvalue weighted by molar-refractivity contribution is 7.89. The van der Waals surface area contributed by atoms with Crippen LogP contribution < -0.4 is 4.72 Å². The molecule has 2 rings (SSSR count). The standard InChI is InChI=1S/C9H14ClN3O2S/c1-6-11-5-9(13-6)16(14,15)12-4-7-2-8(10)3-7/h5,7-8,12H,2-4H2,1H3,(H,11,13). The Balaban J connectivity index is 1.93. The molecule has 90 valence electrons. The second kappa shape index (κ2) is 4.35. The molecule has 0 radical (unpaired) electrons. The van der Waals surface area contributed by atoms with Gasteiger partial charge < -0.3 is 4.98 Å². The minimum absolute atomic E-state index is 0.117. The first-order valence-electron chi connectivity index (χ1n) is 5.13. The SMILES string of the molecule is Cc1ncc(S(=O)(=O)NCC2CC(Cl)C2)[nH]1. The highest BCUT2D eigenvalue weighted by Gasteiger charge is 2.28. The largest absolute Gasteiger partial charge is 0.332 e. The number of aryl methyl sites for hydroxylation is 1. The zero-order chi connectivity index (χ0) is 11.8. The molecule has 1 fully saturated rings. The Labute approximate surface area is 99.7 Å². The molecule has 0 saturated heterocycles. The van der Waals surface area contributed by atoms with Crippen molar-refractivity contribution in [2.24, 2.45) is 5.92 Å². The predicted molar refractivity (Wildman–Crippen MR) is 60.9 cm³/mol. The van der Waals surface area contributed by atoms with E-state index in [0.717, 1.165) is 12.8 Å². The number of aromatic amines is 1. The lowest BCUT2D eigenvalue weighted by atomic mass is 9.85. The summed E-state index contributed by atoms with van der Waals surface area (Å²) in [6.45, 7) is 2.16. The molecule has 2 N–H and O–H groups in total. The van der Waals surface area contributed by atoms with Crippen LogP contribution in [0.2, 0.25) is 0 Å². The summed E-state index contributed by atoms with van der Waals surface area (Å²) in [5.74, 6) is 0.950. The molecule has 1 aromatic rings. The third kappa shape index (κ3) is 2.56. The third-order valence-corrected chi connectivity index (χ3v) is 4.40. The number of hydrogen-bond acceptors (Lipinski definition) is 3. The predicted octanol–water partition coefficient (Wildman–Crippen LogP) is 1.01. The number of H-pyrrole nitrogens is 1. The van der Waals surface area contributed by atoms with Gasteiger partial charge in [0.05, 0.1) is 6.20 Å². The van der Waals surface area contributed by atoms with Crippen LogP contribution in [0.5, 0.6) is 0 Å². The maximum absolute atomic E-state index is 11.8. The van der Waals surface area contributed by atoms with E-state index in [1.807, 2.05) is 0 Å². The molecule has 0 atom stereocenters. The van der Waals surface area contributed by atoms with Crippen molar-refractivity contribution < 1.29 is 8.42 Å². The van der Waals surface area contributed by atoms with Crippen molar-refractivity contribution in [1.82, 2.24) is 14.7 Å². The van der Waals surface area contributed by atoms with E-state index in [-0.39, 0.29) is 10.4 Å². The van der Waals surface area contributed by atoms with Gasteiger partial charge in [-0.2, -0.15) is 0 Å². The van der Waals surface area contributed by atoms with E-state index in [4.69, 9.17) is 11.6 Å². The van der Waals surface area contributed by atoms with E-state index < -0.39 is 10.0 Å². The van der Waals surface area contributed by atoms with Crippen molar-refractivity contribution in [2.75, 3.05) is 6.54 Å². The lowest BCUT2D eigenvalue weighted by molar-refractivity contribution is 0.324. The molecule has 0 aromatic carbocycles. The number of nitrogens with one attached hydrogen (secondary N) is 2. The minimum atomic E-state index is -3.44. The van der Waals surface area contributed by atoms with Gasteiger partial charge in [-0.15, -0.1) is 11.6 Å². The molecule has 0 spiro atoms. The first kappa shape index (κ1) is 11.9. The van der Waals surface area contributed by atoms with Gasteiger partial charge in [-0.3, -0.25) is 0 Å². The van der Waals surface area contributed by atoms with Gasteiger partial charge in [-0.05, 0) is 25.7 Å². The fourth-order valence-electron chi connectivity index (χ4n) is 1.66. The summed E-state index contributed by atoms with van der Waals surface area (Å²) in [4.78, 5) is 6.56. The monoisotopic (exact) mass is 263 g/mol. The van der Waals surface area contributed by atoms with Crippen molar-refractivity contribution in [1.29, 1.82) is 0 Å². The van der Waals surface area contributed by atoms with E-state index in [2.05, 4.69) is 14.7 Å². The number of imidazole rings is 1. The molecule has 5 nitrogen and oxygen atoms in total. The summed E-state index contributed by atoms with van der Waals surface area (Å²) in [7, 11) is -3.44. The quantitative estimate of drug-likeness (QED) is 0.797. The van der Waals surface area contributed by atoms with Gasteiger partial charge in [0.25, 0.3) is 10.0 Å². The summed E-state index contributed by atoms with van der Waals surface area (Å²) >= 11 is 5.82. The Morgan fingerprint density at radius 1 is 1.62 bits per heavy atom. The van der Waals surface area contributed by atoms with E-state index in [0.29, 0.717) is 18.3 Å². The molecule has 1 heterocycles. The van der Waals surface area contributed by atoms with Gasteiger partial charge >= 0.3 is 0 Å². The second-order valence-corrected chi connectivity index (χ2v) is 6.47. The van der Waals surface area contributed by atoms with Crippen LogP contribution in [0.15, 0.2) is 11.2 Å². The first-order chi connectivity index (χ1) is 7.47. The average molecular weight is 264 g/mol. The van der Waals surface area contributed by atoms with Crippen LogP contribution in [0.1, 0.15) is 18.7 Å². The summed E-state index contributed by atoms with van der Waals surface area (Å²) < 4.78 is 26.1. The Morgan fingerprint density at radius 3 is 2.81 bits per heavy atom. The number of rotatable bonds is 4. The highest BCUT2D eigenvalue weighted by atomic mass is 35.5. The molecule has 0 aliphatic heterocycles. The van der Waals surface area contributed by atoms with E-state index in [9.17, 15) is 8.42 Å². The smallest absolute Gasteiger partial charge is 0.257 e. The topological polar surface area (TPSA) is 74.8 Å². The van der Waals surface area contributed by atoms with Gasteiger partial charge in [0.1, 0.15) is 5.82 Å². The van der Waals surface area contributed by atoms with Gasteiger partial charge in [0.2, 0.25) is 0 Å². The number of aromatic nitrogens is 2. The van der Waals surface area contributed by atoms with Gasteiger partial charge in [0, 0.05) is 11.9 Å². The fraction of sp³-hybridized carbons (Fsp3) is 0.667. The molecular formula is C9H14ClN3O2S. The second-order valence-electron chi connectivity index (χ2n) is 4.12. The molecule has 0 amide bonds. The van der Waals surface area contributed by atoms with Crippen LogP contribution in [-0.4, -0.2) is 30.3 Å². The van der Waals surface area contributed by atoms with Crippen LogP contribution in [0.3, 0.4) is 0 Å². The highest BCUT2D eigenvalue weighted by Crippen LogP contribution is 2.31. The van der Waals surface area contributed by atoms with Crippen LogP contribution in [0, 0.1) is 12.8 Å². The van der Waals surface area contributed by atoms with Crippen molar-refractivity contribution in [2.45, 2.75) is 30.2 Å². The van der Waals surface area contributed by atoms with Crippen LogP contribution in [0.4, 0.5) is 0 Å².